The summed E-state index contributed by atoms with van der Waals surface area (Å²) in [6, 6.07) is 3.52. The van der Waals surface area contributed by atoms with Gasteiger partial charge in [0.2, 0.25) is 0 Å². The third kappa shape index (κ3) is 5.00. The molecule has 1 aliphatic carbocycles. The normalized spacial score (nSPS) is 26.7. The molecule has 1 aromatic rings. The lowest BCUT2D eigenvalue weighted by atomic mass is 9.90. The van der Waals surface area contributed by atoms with Crippen LogP contribution in [0.1, 0.15) is 45.2 Å². The highest BCUT2D eigenvalue weighted by Gasteiger charge is 2.44. The summed E-state index contributed by atoms with van der Waals surface area (Å²) in [4.78, 5) is 0. The molecule has 2 aliphatic rings. The van der Waals surface area contributed by atoms with Crippen molar-refractivity contribution in [2.75, 3.05) is 19.7 Å². The van der Waals surface area contributed by atoms with Crippen molar-refractivity contribution in [3.63, 3.8) is 0 Å². The van der Waals surface area contributed by atoms with Gasteiger partial charge in [-0.25, -0.2) is 0 Å². The molecule has 2 N–H and O–H groups in total. The van der Waals surface area contributed by atoms with Gasteiger partial charge in [-0.3, -0.25) is 0 Å². The molecule has 0 radical (unpaired) electrons. The van der Waals surface area contributed by atoms with Crippen LogP contribution in [-0.2, 0) is 11.4 Å². The van der Waals surface area contributed by atoms with Gasteiger partial charge in [-0.15, -0.1) is 4.72 Å². The molecule has 3 rings (SSSR count). The maximum absolute atomic E-state index is 13.0. The van der Waals surface area contributed by atoms with Crippen molar-refractivity contribution in [1.29, 1.82) is 0 Å². The lowest BCUT2D eigenvalue weighted by molar-refractivity contribution is 0.334. The van der Waals surface area contributed by atoms with Crippen molar-refractivity contribution in [3.8, 4) is 5.75 Å². The second-order valence-corrected chi connectivity index (χ2v) is 11.6. The van der Waals surface area contributed by atoms with Crippen LogP contribution in [0.4, 0.5) is 0 Å². The summed E-state index contributed by atoms with van der Waals surface area (Å²) in [5.74, 6) is 2.40. The van der Waals surface area contributed by atoms with Gasteiger partial charge in [0.15, 0.2) is 0 Å². The van der Waals surface area contributed by atoms with E-state index >= 15 is 0 Å². The maximum Gasteiger partial charge on any atom is 0.136 e. The summed E-state index contributed by atoms with van der Waals surface area (Å²) in [7, 11) is 0. The number of hydrogen-bond acceptors (Lipinski definition) is 4. The third-order valence-corrected chi connectivity index (χ3v) is 8.00. The van der Waals surface area contributed by atoms with Crippen LogP contribution >= 0.6 is 23.2 Å². The lowest BCUT2D eigenvalue weighted by Crippen LogP contribution is -2.43. The number of ether oxygens (including phenoxy) is 1. The Morgan fingerprint density at radius 1 is 1.29 bits per heavy atom. The van der Waals surface area contributed by atoms with Crippen LogP contribution in [0.3, 0.4) is 0 Å². The van der Waals surface area contributed by atoms with E-state index < -0.39 is 11.4 Å². The minimum atomic E-state index is -1.21. The second-order valence-electron chi connectivity index (χ2n) is 8.79. The predicted molar refractivity (Wildman–Crippen MR) is 118 cm³/mol. The zero-order valence-electron chi connectivity index (χ0n) is 16.8. The molecule has 1 saturated heterocycles. The van der Waals surface area contributed by atoms with Gasteiger partial charge < -0.3 is 14.6 Å². The van der Waals surface area contributed by atoms with Crippen molar-refractivity contribution >= 4 is 34.6 Å². The van der Waals surface area contributed by atoms with Crippen LogP contribution in [0.5, 0.6) is 5.75 Å². The summed E-state index contributed by atoms with van der Waals surface area (Å²) in [5.41, 5.74) is 0.923. The fraction of sp³-hybridized carbons (Fsp3) is 0.619. The molecule has 0 spiro atoms. The molecule has 1 heterocycles. The number of nitrogens with one attached hydrogen (secondary N) is 2. The summed E-state index contributed by atoms with van der Waals surface area (Å²) < 4.78 is 22.0. The predicted octanol–water partition coefficient (Wildman–Crippen LogP) is 4.90. The van der Waals surface area contributed by atoms with Crippen molar-refractivity contribution in [2.45, 2.75) is 44.4 Å². The van der Waals surface area contributed by atoms with Gasteiger partial charge in [-0.2, -0.15) is 0 Å². The Balaban J connectivity index is 1.96. The molecule has 1 aliphatic heterocycles. The maximum atomic E-state index is 13.0. The second kappa shape index (κ2) is 9.15. The topological polar surface area (TPSA) is 56.3 Å². The molecule has 1 aromatic carbocycles. The number of rotatable bonds is 7. The first-order chi connectivity index (χ1) is 13.2. The van der Waals surface area contributed by atoms with Gasteiger partial charge in [-0.05, 0) is 70.5 Å². The van der Waals surface area contributed by atoms with Crippen molar-refractivity contribution in [1.82, 2.24) is 10.0 Å². The smallest absolute Gasteiger partial charge is 0.136 e. The third-order valence-electron chi connectivity index (χ3n) is 5.70. The quantitative estimate of drug-likeness (QED) is 0.463. The van der Waals surface area contributed by atoms with Gasteiger partial charge in [0, 0.05) is 23.0 Å². The molecule has 0 amide bonds. The Morgan fingerprint density at radius 3 is 2.46 bits per heavy atom. The number of benzene rings is 1. The first-order valence-corrected chi connectivity index (χ1v) is 11.7. The van der Waals surface area contributed by atoms with Crippen LogP contribution in [0.25, 0.3) is 0 Å². The average molecular weight is 445 g/mol. The van der Waals surface area contributed by atoms with E-state index in [0.717, 1.165) is 31.5 Å². The molecule has 1 saturated carbocycles. The fourth-order valence-corrected chi connectivity index (χ4v) is 5.48. The Morgan fingerprint density at radius 2 is 1.89 bits per heavy atom. The highest BCUT2D eigenvalue weighted by molar-refractivity contribution is 7.90. The Hall–Kier alpha value is -0.430. The van der Waals surface area contributed by atoms with E-state index in [0.29, 0.717) is 40.2 Å². The molecular formula is C21H30Cl2N2O2S. The van der Waals surface area contributed by atoms with E-state index in [1.165, 1.54) is 0 Å². The summed E-state index contributed by atoms with van der Waals surface area (Å²) in [6.45, 7) is 12.2. The van der Waals surface area contributed by atoms with Gasteiger partial charge in [0.1, 0.15) is 17.1 Å². The van der Waals surface area contributed by atoms with Gasteiger partial charge in [-0.1, -0.05) is 35.9 Å². The number of fused-ring (bicyclic) bond motifs is 1. The number of halogens is 2. The molecular weight excluding hydrogens is 415 g/mol. The van der Waals surface area contributed by atoms with Crippen LogP contribution in [-0.4, -0.2) is 29.0 Å². The van der Waals surface area contributed by atoms with Crippen molar-refractivity contribution in [3.05, 3.63) is 40.4 Å². The Bertz CT molecular complexity index is 698. The monoisotopic (exact) mass is 444 g/mol. The molecule has 156 valence electrons. The first kappa shape index (κ1) is 22.3. The van der Waals surface area contributed by atoms with Crippen LogP contribution in [0.15, 0.2) is 24.8 Å². The highest BCUT2D eigenvalue weighted by atomic mass is 35.5. The number of hydrogen-bond donors (Lipinski definition) is 2. The highest BCUT2D eigenvalue weighted by Crippen LogP contribution is 2.47. The molecule has 4 nitrogen and oxygen atoms in total. The molecule has 5 atom stereocenters. The molecule has 0 aromatic heterocycles. The summed E-state index contributed by atoms with van der Waals surface area (Å²) in [5, 5.41) is 4.42. The van der Waals surface area contributed by atoms with E-state index in [2.05, 4.69) is 16.6 Å². The first-order valence-electron chi connectivity index (χ1n) is 9.82. The van der Waals surface area contributed by atoms with E-state index in [-0.39, 0.29) is 10.8 Å². The van der Waals surface area contributed by atoms with E-state index in [1.54, 1.807) is 12.1 Å². The van der Waals surface area contributed by atoms with E-state index in [4.69, 9.17) is 27.9 Å². The van der Waals surface area contributed by atoms with Crippen LogP contribution in [0.2, 0.25) is 10.0 Å². The Labute approximate surface area is 181 Å². The van der Waals surface area contributed by atoms with E-state index in [9.17, 15) is 4.55 Å². The van der Waals surface area contributed by atoms with Gasteiger partial charge in [0.25, 0.3) is 0 Å². The van der Waals surface area contributed by atoms with Gasteiger partial charge in [0.05, 0.1) is 16.1 Å². The zero-order chi connectivity index (χ0) is 20.5. The minimum Gasteiger partial charge on any atom is -0.598 e. The van der Waals surface area contributed by atoms with E-state index in [1.807, 2.05) is 26.8 Å². The Kier molecular flexibility index (Phi) is 7.28. The van der Waals surface area contributed by atoms with Crippen LogP contribution < -0.4 is 14.8 Å². The van der Waals surface area contributed by atoms with Crippen molar-refractivity contribution in [2.24, 2.45) is 17.8 Å². The lowest BCUT2D eigenvalue weighted by Gasteiger charge is -2.32. The molecule has 0 bridgehead atoms. The zero-order valence-corrected chi connectivity index (χ0v) is 19.1. The van der Waals surface area contributed by atoms with Crippen LogP contribution in [0, 0.1) is 17.8 Å². The average Bonchev–Trinajstić information content (AvgIpc) is 3.21. The van der Waals surface area contributed by atoms with Gasteiger partial charge >= 0.3 is 0 Å². The van der Waals surface area contributed by atoms with Crippen molar-refractivity contribution < 1.29 is 9.29 Å². The largest absolute Gasteiger partial charge is 0.598 e. The molecule has 7 heteroatoms. The summed E-state index contributed by atoms with van der Waals surface area (Å²) >= 11 is 11.4. The summed E-state index contributed by atoms with van der Waals surface area (Å²) in [6.07, 6.45) is 3.89. The standard InChI is InChI=1S/C21H30Cl2N2O2S/c1-5-6-27-19-10-18(23)17(22)9-16(19)20(25-28(26)21(2,3)4)13-7-14-11-24-12-15(14)8-13/h5,9-10,13-15,20,24-25H,1,6-8,11-12H2,2-4H3/t13-,14+,15-,20?,28?. The minimum absolute atomic E-state index is 0.111. The molecule has 2 unspecified atom stereocenters. The fourth-order valence-electron chi connectivity index (χ4n) is 4.25. The molecule has 2 fully saturated rings. The molecule has 28 heavy (non-hydrogen) atoms. The SMILES string of the molecule is C=CCOc1cc(Cl)c(Cl)cc1C(N[S+]([O-])C(C)(C)C)[C@@H]1C[C@H]2CNC[C@H]2C1.